The molecule has 0 aromatic heterocycles. The first-order valence-electron chi connectivity index (χ1n) is 6.22. The highest BCUT2D eigenvalue weighted by Crippen LogP contribution is 2.14. The topological polar surface area (TPSA) is 44.5 Å². The fourth-order valence-electron chi connectivity index (χ4n) is 1.63. The first kappa shape index (κ1) is 14.0. The van der Waals surface area contributed by atoms with Gasteiger partial charge in [0.25, 0.3) is 0 Å². The highest BCUT2D eigenvalue weighted by molar-refractivity contribution is 5.28. The van der Waals surface area contributed by atoms with Crippen LogP contribution in [0.4, 0.5) is 0 Å². The Labute approximate surface area is 104 Å². The number of hydrogen-bond donors (Lipinski definition) is 1. The summed E-state index contributed by atoms with van der Waals surface area (Å²) in [6.45, 7) is 3.46. The Morgan fingerprint density at radius 2 is 2.18 bits per heavy atom. The van der Waals surface area contributed by atoms with Gasteiger partial charge in [-0.3, -0.25) is 0 Å². The summed E-state index contributed by atoms with van der Waals surface area (Å²) in [4.78, 5) is 0. The Balaban J connectivity index is 2.28. The summed E-state index contributed by atoms with van der Waals surface area (Å²) in [5.74, 6) is 0.907. The SMILES string of the molecule is CCC(N)CCCOc1cccc(COC)c1. The molecule has 0 aliphatic heterocycles. The van der Waals surface area contributed by atoms with Gasteiger partial charge in [0.05, 0.1) is 13.2 Å². The van der Waals surface area contributed by atoms with E-state index in [1.807, 2.05) is 24.3 Å². The van der Waals surface area contributed by atoms with Crippen LogP contribution in [0.5, 0.6) is 5.75 Å². The van der Waals surface area contributed by atoms with E-state index in [2.05, 4.69) is 6.92 Å². The quantitative estimate of drug-likeness (QED) is 0.707. The first-order valence-corrected chi connectivity index (χ1v) is 6.22. The van der Waals surface area contributed by atoms with E-state index < -0.39 is 0 Å². The third kappa shape index (κ3) is 5.71. The molecule has 0 saturated carbocycles. The van der Waals surface area contributed by atoms with Crippen molar-refractivity contribution in [1.29, 1.82) is 0 Å². The highest BCUT2D eigenvalue weighted by atomic mass is 16.5. The Morgan fingerprint density at radius 3 is 2.88 bits per heavy atom. The lowest BCUT2D eigenvalue weighted by atomic mass is 10.1. The molecule has 0 amide bonds. The summed E-state index contributed by atoms with van der Waals surface area (Å²) in [7, 11) is 1.69. The Morgan fingerprint density at radius 1 is 1.35 bits per heavy atom. The van der Waals surface area contributed by atoms with Crippen LogP contribution in [-0.4, -0.2) is 19.8 Å². The minimum absolute atomic E-state index is 0.304. The molecule has 1 aromatic rings. The molecule has 96 valence electrons. The molecule has 0 spiro atoms. The molecule has 3 nitrogen and oxygen atoms in total. The summed E-state index contributed by atoms with van der Waals surface area (Å²) < 4.78 is 10.8. The lowest BCUT2D eigenvalue weighted by Gasteiger charge is -2.10. The van der Waals surface area contributed by atoms with Gasteiger partial charge in [-0.05, 0) is 37.0 Å². The second-order valence-electron chi connectivity index (χ2n) is 4.24. The zero-order valence-corrected chi connectivity index (χ0v) is 10.8. The van der Waals surface area contributed by atoms with E-state index in [0.29, 0.717) is 12.6 Å². The van der Waals surface area contributed by atoms with E-state index in [9.17, 15) is 0 Å². The van der Waals surface area contributed by atoms with Crippen LogP contribution >= 0.6 is 0 Å². The first-order chi connectivity index (χ1) is 8.26. The van der Waals surface area contributed by atoms with Crippen LogP contribution in [0.25, 0.3) is 0 Å². The zero-order valence-electron chi connectivity index (χ0n) is 10.8. The standard InChI is InChI=1S/C14H23NO2/c1-3-13(15)7-5-9-17-14-8-4-6-12(10-14)11-16-2/h4,6,8,10,13H,3,5,7,9,11,15H2,1-2H3. The van der Waals surface area contributed by atoms with Crippen molar-refractivity contribution >= 4 is 0 Å². The molecular formula is C14H23NO2. The molecule has 0 heterocycles. The van der Waals surface area contributed by atoms with E-state index in [1.165, 1.54) is 0 Å². The molecule has 0 bridgehead atoms. The van der Waals surface area contributed by atoms with Crippen molar-refractivity contribution in [1.82, 2.24) is 0 Å². The maximum absolute atomic E-state index is 5.84. The summed E-state index contributed by atoms with van der Waals surface area (Å²) in [6.07, 6.45) is 3.06. The van der Waals surface area contributed by atoms with Crippen LogP contribution in [0.3, 0.4) is 0 Å². The minimum atomic E-state index is 0.304. The third-order valence-electron chi connectivity index (χ3n) is 2.72. The number of benzene rings is 1. The number of rotatable bonds is 8. The maximum atomic E-state index is 5.84. The van der Waals surface area contributed by atoms with Gasteiger partial charge < -0.3 is 15.2 Å². The Kier molecular flexibility index (Phi) is 6.67. The summed E-state index contributed by atoms with van der Waals surface area (Å²) in [5, 5.41) is 0. The second-order valence-corrected chi connectivity index (χ2v) is 4.24. The summed E-state index contributed by atoms with van der Waals surface area (Å²) >= 11 is 0. The molecule has 1 unspecified atom stereocenters. The number of ether oxygens (including phenoxy) is 2. The Bertz CT molecular complexity index is 315. The van der Waals surface area contributed by atoms with Crippen LogP contribution in [-0.2, 0) is 11.3 Å². The predicted molar refractivity (Wildman–Crippen MR) is 70.2 cm³/mol. The maximum Gasteiger partial charge on any atom is 0.119 e. The normalized spacial score (nSPS) is 12.4. The molecular weight excluding hydrogens is 214 g/mol. The molecule has 2 N–H and O–H groups in total. The fourth-order valence-corrected chi connectivity index (χ4v) is 1.63. The number of methoxy groups -OCH3 is 1. The fraction of sp³-hybridized carbons (Fsp3) is 0.571. The average molecular weight is 237 g/mol. The van der Waals surface area contributed by atoms with Gasteiger partial charge in [-0.1, -0.05) is 19.1 Å². The molecule has 0 saturated heterocycles. The van der Waals surface area contributed by atoms with E-state index in [1.54, 1.807) is 7.11 Å². The molecule has 3 heteroatoms. The van der Waals surface area contributed by atoms with E-state index in [0.717, 1.165) is 37.2 Å². The lowest BCUT2D eigenvalue weighted by Crippen LogP contribution is -2.19. The zero-order chi connectivity index (χ0) is 12.5. The van der Waals surface area contributed by atoms with Crippen molar-refractivity contribution in [2.24, 2.45) is 5.73 Å². The van der Waals surface area contributed by atoms with Gasteiger partial charge in [-0.15, -0.1) is 0 Å². The number of hydrogen-bond acceptors (Lipinski definition) is 3. The minimum Gasteiger partial charge on any atom is -0.494 e. The lowest BCUT2D eigenvalue weighted by molar-refractivity contribution is 0.184. The molecule has 0 radical (unpaired) electrons. The van der Waals surface area contributed by atoms with Gasteiger partial charge in [0, 0.05) is 13.2 Å². The van der Waals surface area contributed by atoms with Gasteiger partial charge in [0.2, 0.25) is 0 Å². The Hall–Kier alpha value is -1.06. The molecule has 1 rings (SSSR count). The average Bonchev–Trinajstić information content (AvgIpc) is 2.35. The molecule has 17 heavy (non-hydrogen) atoms. The summed E-state index contributed by atoms with van der Waals surface area (Å²) in [5.41, 5.74) is 6.98. The van der Waals surface area contributed by atoms with Crippen molar-refractivity contribution in [3.05, 3.63) is 29.8 Å². The molecule has 1 atom stereocenters. The van der Waals surface area contributed by atoms with Crippen molar-refractivity contribution in [3.8, 4) is 5.75 Å². The van der Waals surface area contributed by atoms with E-state index in [4.69, 9.17) is 15.2 Å². The molecule has 0 aliphatic carbocycles. The van der Waals surface area contributed by atoms with Crippen LogP contribution in [0.1, 0.15) is 31.7 Å². The van der Waals surface area contributed by atoms with Crippen LogP contribution < -0.4 is 10.5 Å². The summed E-state index contributed by atoms with van der Waals surface area (Å²) in [6, 6.07) is 8.31. The molecule has 1 aromatic carbocycles. The largest absolute Gasteiger partial charge is 0.494 e. The van der Waals surface area contributed by atoms with Gasteiger partial charge in [0.1, 0.15) is 5.75 Å². The highest BCUT2D eigenvalue weighted by Gasteiger charge is 2.00. The van der Waals surface area contributed by atoms with Crippen molar-refractivity contribution < 1.29 is 9.47 Å². The predicted octanol–water partition coefficient (Wildman–Crippen LogP) is 2.73. The third-order valence-corrected chi connectivity index (χ3v) is 2.72. The van der Waals surface area contributed by atoms with Crippen LogP contribution in [0.2, 0.25) is 0 Å². The second kappa shape index (κ2) is 8.09. The van der Waals surface area contributed by atoms with Crippen LogP contribution in [0.15, 0.2) is 24.3 Å². The van der Waals surface area contributed by atoms with Gasteiger partial charge >= 0.3 is 0 Å². The number of nitrogens with two attached hydrogens (primary N) is 1. The van der Waals surface area contributed by atoms with Crippen molar-refractivity contribution in [2.45, 2.75) is 38.8 Å². The van der Waals surface area contributed by atoms with E-state index >= 15 is 0 Å². The molecule has 0 aliphatic rings. The monoisotopic (exact) mass is 237 g/mol. The van der Waals surface area contributed by atoms with Crippen LogP contribution in [0, 0.1) is 0 Å². The van der Waals surface area contributed by atoms with Gasteiger partial charge in [-0.2, -0.15) is 0 Å². The van der Waals surface area contributed by atoms with E-state index in [-0.39, 0.29) is 0 Å². The van der Waals surface area contributed by atoms with Gasteiger partial charge in [-0.25, -0.2) is 0 Å². The van der Waals surface area contributed by atoms with Gasteiger partial charge in [0.15, 0.2) is 0 Å². The smallest absolute Gasteiger partial charge is 0.119 e. The van der Waals surface area contributed by atoms with Crippen molar-refractivity contribution in [3.63, 3.8) is 0 Å². The van der Waals surface area contributed by atoms with Crippen molar-refractivity contribution in [2.75, 3.05) is 13.7 Å². The molecule has 0 fully saturated rings.